The summed E-state index contributed by atoms with van der Waals surface area (Å²) >= 11 is 0. The molecule has 0 saturated heterocycles. The summed E-state index contributed by atoms with van der Waals surface area (Å²) < 4.78 is 5.01. The number of esters is 1. The van der Waals surface area contributed by atoms with Crippen LogP contribution in [0.4, 0.5) is 5.69 Å². The number of hydrogen-bond donors (Lipinski definition) is 3. The van der Waals surface area contributed by atoms with E-state index < -0.39 is 11.9 Å². The van der Waals surface area contributed by atoms with Gasteiger partial charge in [-0.2, -0.15) is 0 Å². The molecule has 2 rings (SSSR count). The fraction of sp³-hybridized carbons (Fsp3) is 0.350. The first-order valence-electron chi connectivity index (χ1n) is 8.76. The van der Waals surface area contributed by atoms with Crippen molar-refractivity contribution in [3.05, 3.63) is 51.8 Å². The van der Waals surface area contributed by atoms with Crippen LogP contribution in [0.5, 0.6) is 0 Å². The average Bonchev–Trinajstić information content (AvgIpc) is 2.91. The number of aromatic amines is 1. The highest BCUT2D eigenvalue weighted by atomic mass is 16.5. The summed E-state index contributed by atoms with van der Waals surface area (Å²) in [6, 6.07) is 5.73. The van der Waals surface area contributed by atoms with Crippen LogP contribution in [0.3, 0.4) is 0 Å². The van der Waals surface area contributed by atoms with Crippen molar-refractivity contribution in [1.82, 2.24) is 10.3 Å². The Morgan fingerprint density at radius 2 is 1.70 bits per heavy atom. The number of ether oxygens (including phenoxy) is 1. The van der Waals surface area contributed by atoms with E-state index in [1.807, 2.05) is 32.0 Å². The first kappa shape index (κ1) is 20.2. The standard InChI is InChI=1S/C20H25N3O4/c1-6-27-20(26)16-13(4)18(22-14(16)5)19(25)21-10-15(24)23-17-11(2)8-7-9-12(17)3/h7-9,22H,6,10H2,1-5H3,(H,21,25)(H,23,24). The maximum Gasteiger partial charge on any atom is 0.340 e. The molecule has 2 amide bonds. The third-order valence-electron chi connectivity index (χ3n) is 4.30. The van der Waals surface area contributed by atoms with Gasteiger partial charge in [0, 0.05) is 11.4 Å². The summed E-state index contributed by atoms with van der Waals surface area (Å²) in [5, 5.41) is 5.39. The normalized spacial score (nSPS) is 10.4. The van der Waals surface area contributed by atoms with Gasteiger partial charge in [-0.05, 0) is 51.3 Å². The van der Waals surface area contributed by atoms with E-state index in [1.54, 1.807) is 20.8 Å². The van der Waals surface area contributed by atoms with Gasteiger partial charge in [0.05, 0.1) is 18.7 Å². The summed E-state index contributed by atoms with van der Waals surface area (Å²) in [6.45, 7) is 8.97. The third kappa shape index (κ3) is 4.55. The zero-order valence-electron chi connectivity index (χ0n) is 16.3. The van der Waals surface area contributed by atoms with Crippen LogP contribution in [0.25, 0.3) is 0 Å². The second-order valence-electron chi connectivity index (χ2n) is 6.34. The molecule has 0 spiro atoms. The summed E-state index contributed by atoms with van der Waals surface area (Å²) in [5.41, 5.74) is 4.29. The lowest BCUT2D eigenvalue weighted by molar-refractivity contribution is -0.115. The minimum atomic E-state index is -0.476. The number of H-pyrrole nitrogens is 1. The fourth-order valence-corrected chi connectivity index (χ4v) is 2.93. The van der Waals surface area contributed by atoms with Gasteiger partial charge in [-0.3, -0.25) is 9.59 Å². The molecule has 0 aliphatic carbocycles. The van der Waals surface area contributed by atoms with Crippen molar-refractivity contribution in [2.24, 2.45) is 0 Å². The first-order chi connectivity index (χ1) is 12.8. The molecule has 2 aromatic rings. The van der Waals surface area contributed by atoms with Crippen molar-refractivity contribution in [1.29, 1.82) is 0 Å². The summed E-state index contributed by atoms with van der Waals surface area (Å²) in [7, 11) is 0. The quantitative estimate of drug-likeness (QED) is 0.680. The largest absolute Gasteiger partial charge is 0.462 e. The van der Waals surface area contributed by atoms with Crippen molar-refractivity contribution < 1.29 is 19.1 Å². The van der Waals surface area contributed by atoms with Crippen LogP contribution in [-0.4, -0.2) is 35.9 Å². The van der Waals surface area contributed by atoms with Gasteiger partial charge in [0.2, 0.25) is 5.91 Å². The highest BCUT2D eigenvalue weighted by Crippen LogP contribution is 2.20. The SMILES string of the molecule is CCOC(=O)c1c(C)[nH]c(C(=O)NCC(=O)Nc2c(C)cccc2C)c1C. The molecule has 0 radical (unpaired) electrons. The number of para-hydroxylation sites is 1. The van der Waals surface area contributed by atoms with Gasteiger partial charge in [0.15, 0.2) is 0 Å². The van der Waals surface area contributed by atoms with Crippen LogP contribution in [0.15, 0.2) is 18.2 Å². The van der Waals surface area contributed by atoms with Crippen molar-refractivity contribution in [3.8, 4) is 0 Å². The Balaban J connectivity index is 2.05. The molecule has 0 aliphatic rings. The van der Waals surface area contributed by atoms with E-state index in [4.69, 9.17) is 4.74 Å². The molecule has 7 nitrogen and oxygen atoms in total. The number of hydrogen-bond acceptors (Lipinski definition) is 4. The smallest absolute Gasteiger partial charge is 0.340 e. The summed E-state index contributed by atoms with van der Waals surface area (Å²) in [6.07, 6.45) is 0. The molecule has 0 aliphatic heterocycles. The number of nitrogens with one attached hydrogen (secondary N) is 3. The van der Waals surface area contributed by atoms with Crippen LogP contribution < -0.4 is 10.6 Å². The van der Waals surface area contributed by atoms with Crippen LogP contribution in [0.1, 0.15) is 50.2 Å². The molecule has 0 bridgehead atoms. The third-order valence-corrected chi connectivity index (χ3v) is 4.30. The number of amides is 2. The van der Waals surface area contributed by atoms with E-state index >= 15 is 0 Å². The minimum Gasteiger partial charge on any atom is -0.462 e. The Morgan fingerprint density at radius 3 is 2.30 bits per heavy atom. The zero-order valence-corrected chi connectivity index (χ0v) is 16.3. The lowest BCUT2D eigenvalue weighted by atomic mass is 10.1. The minimum absolute atomic E-state index is 0.182. The van der Waals surface area contributed by atoms with Crippen molar-refractivity contribution >= 4 is 23.5 Å². The molecule has 0 atom stereocenters. The Kier molecular flexibility index (Phi) is 6.39. The van der Waals surface area contributed by atoms with Gasteiger partial charge in [0.1, 0.15) is 5.69 Å². The average molecular weight is 371 g/mol. The lowest BCUT2D eigenvalue weighted by Crippen LogP contribution is -2.33. The van der Waals surface area contributed by atoms with E-state index in [-0.39, 0.29) is 24.8 Å². The fourth-order valence-electron chi connectivity index (χ4n) is 2.93. The van der Waals surface area contributed by atoms with E-state index in [0.717, 1.165) is 16.8 Å². The van der Waals surface area contributed by atoms with Crippen molar-refractivity contribution in [3.63, 3.8) is 0 Å². The maximum atomic E-state index is 12.4. The Labute approximate surface area is 158 Å². The Bertz CT molecular complexity index is 863. The highest BCUT2D eigenvalue weighted by Gasteiger charge is 2.23. The highest BCUT2D eigenvalue weighted by molar-refractivity contribution is 6.02. The molecule has 27 heavy (non-hydrogen) atoms. The molecule has 144 valence electrons. The molecule has 0 unspecified atom stereocenters. The molecular weight excluding hydrogens is 346 g/mol. The number of carbonyl (C=O) groups is 3. The molecule has 7 heteroatoms. The number of aromatic nitrogens is 1. The zero-order chi connectivity index (χ0) is 20.1. The molecule has 1 heterocycles. The molecule has 1 aromatic heterocycles. The van der Waals surface area contributed by atoms with E-state index in [0.29, 0.717) is 16.8 Å². The second kappa shape index (κ2) is 8.53. The predicted octanol–water partition coefficient (Wildman–Crippen LogP) is 2.79. The molecule has 0 saturated carbocycles. The number of carbonyl (C=O) groups excluding carboxylic acids is 3. The topological polar surface area (TPSA) is 100 Å². The van der Waals surface area contributed by atoms with Crippen molar-refractivity contribution in [2.45, 2.75) is 34.6 Å². The van der Waals surface area contributed by atoms with Gasteiger partial charge in [-0.25, -0.2) is 4.79 Å². The molecular formula is C20H25N3O4. The van der Waals surface area contributed by atoms with Crippen molar-refractivity contribution in [2.75, 3.05) is 18.5 Å². The molecule has 3 N–H and O–H groups in total. The van der Waals surface area contributed by atoms with Gasteiger partial charge in [0.25, 0.3) is 5.91 Å². The lowest BCUT2D eigenvalue weighted by Gasteiger charge is -2.12. The van der Waals surface area contributed by atoms with Crippen LogP contribution in [-0.2, 0) is 9.53 Å². The van der Waals surface area contributed by atoms with Crippen LogP contribution in [0.2, 0.25) is 0 Å². The van der Waals surface area contributed by atoms with E-state index in [1.165, 1.54) is 0 Å². The van der Waals surface area contributed by atoms with Gasteiger partial charge < -0.3 is 20.4 Å². The first-order valence-corrected chi connectivity index (χ1v) is 8.76. The molecule has 1 aromatic carbocycles. The van der Waals surface area contributed by atoms with Gasteiger partial charge in [-0.1, -0.05) is 18.2 Å². The molecule has 0 fully saturated rings. The predicted molar refractivity (Wildman–Crippen MR) is 103 cm³/mol. The number of benzene rings is 1. The van der Waals surface area contributed by atoms with Gasteiger partial charge >= 0.3 is 5.97 Å². The summed E-state index contributed by atoms with van der Waals surface area (Å²) in [4.78, 5) is 39.5. The van der Waals surface area contributed by atoms with E-state index in [2.05, 4.69) is 15.6 Å². The second-order valence-corrected chi connectivity index (χ2v) is 6.34. The van der Waals surface area contributed by atoms with E-state index in [9.17, 15) is 14.4 Å². The monoisotopic (exact) mass is 371 g/mol. The van der Waals surface area contributed by atoms with Crippen LogP contribution in [0, 0.1) is 27.7 Å². The van der Waals surface area contributed by atoms with Gasteiger partial charge in [-0.15, -0.1) is 0 Å². The number of aryl methyl sites for hydroxylation is 3. The Morgan fingerprint density at radius 1 is 1.07 bits per heavy atom. The maximum absolute atomic E-state index is 12.4. The number of rotatable bonds is 6. The Hall–Kier alpha value is -3.09. The van der Waals surface area contributed by atoms with Crippen LogP contribution >= 0.6 is 0 Å². The summed E-state index contributed by atoms with van der Waals surface area (Å²) in [5.74, 6) is -1.26. The number of anilines is 1.